The van der Waals surface area contributed by atoms with Crippen LogP contribution in [0.15, 0.2) is 0 Å². The zero-order chi connectivity index (χ0) is 13.7. The molecule has 0 spiro atoms. The third-order valence-electron chi connectivity index (χ3n) is 2.03. The molecule has 0 N–H and O–H groups in total. The maximum atomic E-state index is 4.00. The molecule has 0 bridgehead atoms. The summed E-state index contributed by atoms with van der Waals surface area (Å²) >= 11 is 0. The molecule has 0 aliphatic carbocycles. The van der Waals surface area contributed by atoms with Crippen LogP contribution in [0.1, 0.15) is 58.7 Å². The zero-order valence-corrected chi connectivity index (χ0v) is 11.7. The largest absolute Gasteiger partial charge is 0.177 e. The van der Waals surface area contributed by atoms with Crippen LogP contribution in [0.4, 0.5) is 0 Å². The molecule has 0 unspecified atom stereocenters. The second-order valence-electron chi connectivity index (χ2n) is 4.54. The summed E-state index contributed by atoms with van der Waals surface area (Å²) in [5, 5.41) is 23.0. The summed E-state index contributed by atoms with van der Waals surface area (Å²) in [6, 6.07) is 0.311. The molecule has 8 heteroatoms. The predicted molar refractivity (Wildman–Crippen MR) is 72.6 cm³/mol. The fourth-order valence-corrected chi connectivity index (χ4v) is 1.05. The number of rotatable bonds is 2. The number of hydrogen-bond acceptors (Lipinski definition) is 6. The van der Waals surface area contributed by atoms with Gasteiger partial charge in [0.2, 0.25) is 0 Å². The van der Waals surface area contributed by atoms with Crippen molar-refractivity contribution in [1.82, 2.24) is 40.4 Å². The first-order valence-corrected chi connectivity index (χ1v) is 5.90. The Balaban J connectivity index is 0.000000324. The van der Waals surface area contributed by atoms with Crippen molar-refractivity contribution in [1.29, 1.82) is 0 Å². The lowest BCUT2D eigenvalue weighted by molar-refractivity contribution is 0.454. The molecule has 2 aromatic heterocycles. The van der Waals surface area contributed by atoms with Crippen molar-refractivity contribution in [3.63, 3.8) is 0 Å². The van der Waals surface area contributed by atoms with E-state index in [0.717, 1.165) is 11.6 Å². The first kappa shape index (κ1) is 17.1. The van der Waals surface area contributed by atoms with E-state index in [9.17, 15) is 0 Å². The topological polar surface area (TPSA) is 87.2 Å². The highest BCUT2D eigenvalue weighted by atomic mass is 15.6. The number of nitrogens with zero attached hydrogens (tertiary/aromatic N) is 8. The van der Waals surface area contributed by atoms with Gasteiger partial charge >= 0.3 is 0 Å². The van der Waals surface area contributed by atoms with Crippen LogP contribution in [-0.2, 0) is 7.05 Å². The Morgan fingerprint density at radius 1 is 0.947 bits per heavy atom. The first-order chi connectivity index (χ1) is 8.40. The second-order valence-corrected chi connectivity index (χ2v) is 4.54. The monoisotopic (exact) mass is 268 g/mol. The van der Waals surface area contributed by atoms with Crippen LogP contribution >= 0.6 is 0 Å². The molecule has 0 aromatic carbocycles. The van der Waals surface area contributed by atoms with Crippen molar-refractivity contribution in [2.45, 2.75) is 54.0 Å². The van der Waals surface area contributed by atoms with E-state index in [1.165, 1.54) is 4.80 Å². The maximum Gasteiger partial charge on any atom is 0.177 e. The highest BCUT2D eigenvalue weighted by Gasteiger charge is 2.03. The molecule has 108 valence electrons. The number of aryl methyl sites for hydroxylation is 2. The average molecular weight is 268 g/mol. The lowest BCUT2D eigenvalue weighted by Crippen LogP contribution is -2.04. The molecular weight excluding hydrogens is 244 g/mol. The van der Waals surface area contributed by atoms with Gasteiger partial charge in [-0.25, -0.2) is 0 Å². The summed E-state index contributed by atoms with van der Waals surface area (Å²) < 4.78 is 0. The van der Waals surface area contributed by atoms with Gasteiger partial charge in [-0.3, -0.25) is 0 Å². The van der Waals surface area contributed by atoms with Crippen molar-refractivity contribution in [2.75, 3.05) is 0 Å². The molecular formula is C11H24N8. The van der Waals surface area contributed by atoms with Gasteiger partial charge in [-0.05, 0) is 31.2 Å². The number of hydrogen-bond donors (Lipinski definition) is 0. The molecule has 0 aliphatic heterocycles. The van der Waals surface area contributed by atoms with Crippen molar-refractivity contribution in [3.05, 3.63) is 11.6 Å². The third kappa shape index (κ3) is 5.54. The number of tetrazole rings is 2. The van der Waals surface area contributed by atoms with Crippen molar-refractivity contribution >= 4 is 0 Å². The minimum absolute atomic E-state index is 0. The highest BCUT2D eigenvalue weighted by molar-refractivity contribution is 4.83. The summed E-state index contributed by atoms with van der Waals surface area (Å²) in [4.78, 5) is 3.06. The molecule has 8 nitrogen and oxygen atoms in total. The Hall–Kier alpha value is -1.86. The standard InChI is InChI=1S/2C5H10N4.CH4/c1-4(2)5-6-8-9(3)7-5;1-4(2)9-7-5(3)6-8-9;/h2*4H,1-3H3;1H4. The van der Waals surface area contributed by atoms with Crippen LogP contribution in [0.5, 0.6) is 0 Å². The van der Waals surface area contributed by atoms with Crippen LogP contribution < -0.4 is 0 Å². The SMILES string of the molecule is C.CC(C)c1nnn(C)n1.Cc1nnn(C(C)C)n1. The average Bonchev–Trinajstić information content (AvgIpc) is 2.88. The van der Waals surface area contributed by atoms with Gasteiger partial charge in [-0.15, -0.1) is 20.4 Å². The predicted octanol–water partition coefficient (Wildman–Crippen LogP) is 1.53. The normalized spacial score (nSPS) is 10.1. The van der Waals surface area contributed by atoms with Crippen LogP contribution in [0.25, 0.3) is 0 Å². The van der Waals surface area contributed by atoms with E-state index in [-0.39, 0.29) is 7.43 Å². The van der Waals surface area contributed by atoms with Gasteiger partial charge < -0.3 is 0 Å². The van der Waals surface area contributed by atoms with Crippen molar-refractivity contribution < 1.29 is 0 Å². The van der Waals surface area contributed by atoms with Gasteiger partial charge in [-0.1, -0.05) is 21.3 Å². The molecule has 0 saturated carbocycles. The van der Waals surface area contributed by atoms with Gasteiger partial charge in [0, 0.05) is 5.92 Å². The molecule has 0 radical (unpaired) electrons. The summed E-state index contributed by atoms with van der Waals surface area (Å²) in [7, 11) is 1.76. The molecule has 0 atom stereocenters. The first-order valence-electron chi connectivity index (χ1n) is 5.90. The Bertz CT molecular complexity index is 426. The molecule has 2 heterocycles. The van der Waals surface area contributed by atoms with E-state index in [1.54, 1.807) is 11.8 Å². The molecule has 0 amide bonds. The summed E-state index contributed by atoms with van der Waals surface area (Å²) in [5.74, 6) is 1.90. The third-order valence-corrected chi connectivity index (χ3v) is 2.03. The minimum atomic E-state index is 0. The van der Waals surface area contributed by atoms with Crippen LogP contribution in [0, 0.1) is 6.92 Å². The summed E-state index contributed by atoms with van der Waals surface area (Å²) in [5.41, 5.74) is 0. The van der Waals surface area contributed by atoms with Crippen LogP contribution in [0.3, 0.4) is 0 Å². The van der Waals surface area contributed by atoms with E-state index in [0.29, 0.717) is 12.0 Å². The lowest BCUT2D eigenvalue weighted by Gasteiger charge is -1.97. The molecule has 2 rings (SSSR count). The Labute approximate surface area is 114 Å². The van der Waals surface area contributed by atoms with Gasteiger partial charge in [0.05, 0.1) is 13.1 Å². The highest BCUT2D eigenvalue weighted by Crippen LogP contribution is 2.04. The van der Waals surface area contributed by atoms with Gasteiger partial charge in [0.15, 0.2) is 11.6 Å². The van der Waals surface area contributed by atoms with Gasteiger partial charge in [0.1, 0.15) is 0 Å². The van der Waals surface area contributed by atoms with E-state index >= 15 is 0 Å². The quantitative estimate of drug-likeness (QED) is 0.821. The zero-order valence-electron chi connectivity index (χ0n) is 11.7. The van der Waals surface area contributed by atoms with Gasteiger partial charge in [-0.2, -0.15) is 9.59 Å². The Morgan fingerprint density at radius 3 is 1.79 bits per heavy atom. The minimum Gasteiger partial charge on any atom is -0.167 e. The van der Waals surface area contributed by atoms with Crippen molar-refractivity contribution in [2.24, 2.45) is 7.05 Å². The molecule has 0 saturated heterocycles. The lowest BCUT2D eigenvalue weighted by atomic mass is 10.2. The van der Waals surface area contributed by atoms with E-state index < -0.39 is 0 Å². The smallest absolute Gasteiger partial charge is 0.167 e. The van der Waals surface area contributed by atoms with E-state index in [1.807, 2.05) is 34.6 Å². The fraction of sp³-hybridized carbons (Fsp3) is 0.818. The maximum absolute atomic E-state index is 4.00. The number of aromatic nitrogens is 8. The van der Waals surface area contributed by atoms with E-state index in [4.69, 9.17) is 0 Å². The Morgan fingerprint density at radius 2 is 1.58 bits per heavy atom. The molecule has 0 fully saturated rings. The Kier molecular flexibility index (Phi) is 6.81. The van der Waals surface area contributed by atoms with Gasteiger partial charge in [0.25, 0.3) is 0 Å². The molecule has 19 heavy (non-hydrogen) atoms. The van der Waals surface area contributed by atoms with Crippen LogP contribution in [0.2, 0.25) is 0 Å². The molecule has 2 aromatic rings. The summed E-state index contributed by atoms with van der Waals surface area (Å²) in [6.07, 6.45) is 0. The van der Waals surface area contributed by atoms with E-state index in [2.05, 4.69) is 30.8 Å². The van der Waals surface area contributed by atoms with Crippen molar-refractivity contribution in [3.8, 4) is 0 Å². The van der Waals surface area contributed by atoms with Crippen LogP contribution in [-0.4, -0.2) is 40.4 Å². The molecule has 0 aliphatic rings. The summed E-state index contributed by atoms with van der Waals surface area (Å²) in [6.45, 7) is 9.93. The second kappa shape index (κ2) is 7.55. The fourth-order valence-electron chi connectivity index (χ4n) is 1.05.